The van der Waals surface area contributed by atoms with Gasteiger partial charge in [0.2, 0.25) is 5.91 Å². The molecule has 1 aliphatic heterocycles. The molecule has 59 heavy (non-hydrogen) atoms. The zero-order valence-electron chi connectivity index (χ0n) is 38.0. The first-order valence-electron chi connectivity index (χ1n) is 24.7. The standard InChI is InChI=1S/C50H93NO8/c1-3-5-7-9-11-13-15-17-19-20-21-22-23-24-26-28-30-32-34-36-38-40-46(54)51-43(42-58-50-49(57)48(56)47(55)45(41-52)59-50)44(53)39-37-35-33-31-29-27-25-18-16-14-12-10-8-6-4-2/h15,17,20-21,23-24,43-45,47-50,52-53,55-57H,3-14,16,18-19,22,25-42H2,1-2H3,(H,51,54)/b17-15-,21-20-,24-23-. The lowest BCUT2D eigenvalue weighted by molar-refractivity contribution is -0.302. The molecule has 1 rings (SSSR count). The van der Waals surface area contributed by atoms with Gasteiger partial charge in [-0.1, -0.05) is 198 Å². The van der Waals surface area contributed by atoms with E-state index in [1.54, 1.807) is 0 Å². The van der Waals surface area contributed by atoms with E-state index in [4.69, 9.17) is 9.47 Å². The average molecular weight is 836 g/mol. The van der Waals surface area contributed by atoms with Crippen LogP contribution in [-0.2, 0) is 14.3 Å². The van der Waals surface area contributed by atoms with Crippen molar-refractivity contribution in [1.29, 1.82) is 0 Å². The van der Waals surface area contributed by atoms with E-state index in [1.165, 1.54) is 128 Å². The topological polar surface area (TPSA) is 149 Å². The second kappa shape index (κ2) is 40.5. The van der Waals surface area contributed by atoms with Gasteiger partial charge in [0.15, 0.2) is 6.29 Å². The van der Waals surface area contributed by atoms with E-state index < -0.39 is 49.5 Å². The van der Waals surface area contributed by atoms with Gasteiger partial charge in [0, 0.05) is 6.42 Å². The number of unbranched alkanes of at least 4 members (excludes halogenated alkanes) is 25. The number of rotatable bonds is 41. The Bertz CT molecular complexity index is 1020. The molecule has 9 heteroatoms. The Morgan fingerprint density at radius 1 is 0.576 bits per heavy atom. The molecule has 0 aromatic carbocycles. The normalized spacial score (nSPS) is 21.0. The van der Waals surface area contributed by atoms with E-state index in [-0.39, 0.29) is 12.5 Å². The molecule has 0 spiro atoms. The van der Waals surface area contributed by atoms with Crippen molar-refractivity contribution in [2.45, 2.75) is 262 Å². The molecule has 1 aliphatic rings. The third kappa shape index (κ3) is 31.0. The second-order valence-electron chi connectivity index (χ2n) is 17.3. The van der Waals surface area contributed by atoms with Crippen molar-refractivity contribution in [3.63, 3.8) is 0 Å². The van der Waals surface area contributed by atoms with Gasteiger partial charge in [-0.15, -0.1) is 0 Å². The van der Waals surface area contributed by atoms with Crippen LogP contribution in [0.25, 0.3) is 0 Å². The van der Waals surface area contributed by atoms with Gasteiger partial charge in [-0.25, -0.2) is 0 Å². The fourth-order valence-electron chi connectivity index (χ4n) is 7.76. The smallest absolute Gasteiger partial charge is 0.220 e. The summed E-state index contributed by atoms with van der Waals surface area (Å²) in [4.78, 5) is 13.0. The highest BCUT2D eigenvalue weighted by Crippen LogP contribution is 2.23. The van der Waals surface area contributed by atoms with Crippen molar-refractivity contribution in [1.82, 2.24) is 5.32 Å². The molecule has 0 bridgehead atoms. The van der Waals surface area contributed by atoms with Crippen LogP contribution < -0.4 is 5.32 Å². The number of aliphatic hydroxyl groups excluding tert-OH is 5. The predicted molar refractivity (Wildman–Crippen MR) is 244 cm³/mol. The maximum Gasteiger partial charge on any atom is 0.220 e. The largest absolute Gasteiger partial charge is 0.394 e. The molecular formula is C50H93NO8. The minimum absolute atomic E-state index is 0.143. The molecule has 0 aromatic rings. The van der Waals surface area contributed by atoms with Crippen LogP contribution in [0.3, 0.4) is 0 Å². The number of carbonyl (C=O) groups excluding carboxylic acids is 1. The first kappa shape index (κ1) is 55.4. The Kier molecular flexibility index (Phi) is 38.0. The summed E-state index contributed by atoms with van der Waals surface area (Å²) in [6.07, 6.45) is 42.9. The minimum atomic E-state index is -1.56. The number of amides is 1. The molecule has 7 atom stereocenters. The number of carbonyl (C=O) groups is 1. The highest BCUT2D eigenvalue weighted by atomic mass is 16.7. The molecule has 0 aromatic heterocycles. The molecule has 6 N–H and O–H groups in total. The first-order chi connectivity index (χ1) is 28.8. The molecule has 0 radical (unpaired) electrons. The van der Waals surface area contributed by atoms with Crippen LogP contribution >= 0.6 is 0 Å². The third-order valence-electron chi connectivity index (χ3n) is 11.7. The van der Waals surface area contributed by atoms with Crippen LogP contribution in [0.15, 0.2) is 36.5 Å². The van der Waals surface area contributed by atoms with Crippen molar-refractivity contribution < 1.29 is 39.8 Å². The number of nitrogens with one attached hydrogen (secondary N) is 1. The van der Waals surface area contributed by atoms with E-state index >= 15 is 0 Å². The number of ether oxygens (including phenoxy) is 2. The lowest BCUT2D eigenvalue weighted by atomic mass is 9.99. The molecule has 1 amide bonds. The molecule has 1 fully saturated rings. The predicted octanol–water partition coefficient (Wildman–Crippen LogP) is 10.8. The van der Waals surface area contributed by atoms with Crippen molar-refractivity contribution >= 4 is 5.91 Å². The van der Waals surface area contributed by atoms with Gasteiger partial charge >= 0.3 is 0 Å². The van der Waals surface area contributed by atoms with Gasteiger partial charge < -0.3 is 40.3 Å². The molecule has 0 aliphatic carbocycles. The fraction of sp³-hybridized carbons (Fsp3) is 0.860. The Morgan fingerprint density at radius 3 is 1.47 bits per heavy atom. The molecule has 0 saturated carbocycles. The summed E-state index contributed by atoms with van der Waals surface area (Å²) in [5.41, 5.74) is 0. The average Bonchev–Trinajstić information content (AvgIpc) is 3.23. The summed E-state index contributed by atoms with van der Waals surface area (Å²) in [6, 6.07) is -0.725. The second-order valence-corrected chi connectivity index (χ2v) is 17.3. The Balaban J connectivity index is 2.30. The molecular weight excluding hydrogens is 743 g/mol. The Hall–Kier alpha value is -1.59. The Labute approximate surface area is 361 Å². The number of aliphatic hydroxyl groups is 5. The fourth-order valence-corrected chi connectivity index (χ4v) is 7.76. The summed E-state index contributed by atoms with van der Waals surface area (Å²) in [6.45, 7) is 3.82. The van der Waals surface area contributed by atoms with Crippen LogP contribution in [0, 0.1) is 0 Å². The lowest BCUT2D eigenvalue weighted by Crippen LogP contribution is -2.60. The lowest BCUT2D eigenvalue weighted by Gasteiger charge is -2.40. The van der Waals surface area contributed by atoms with Gasteiger partial charge in [0.05, 0.1) is 25.4 Å². The van der Waals surface area contributed by atoms with Crippen molar-refractivity contribution in [3.8, 4) is 0 Å². The number of allylic oxidation sites excluding steroid dienone is 6. The summed E-state index contributed by atoms with van der Waals surface area (Å²) in [7, 11) is 0. The number of hydrogen-bond donors (Lipinski definition) is 6. The van der Waals surface area contributed by atoms with Gasteiger partial charge in [-0.3, -0.25) is 4.79 Å². The van der Waals surface area contributed by atoms with Crippen LogP contribution in [0.2, 0.25) is 0 Å². The zero-order valence-corrected chi connectivity index (χ0v) is 38.0. The van der Waals surface area contributed by atoms with E-state index in [2.05, 4.69) is 55.6 Å². The maximum atomic E-state index is 13.0. The monoisotopic (exact) mass is 836 g/mol. The Morgan fingerprint density at radius 2 is 1.00 bits per heavy atom. The first-order valence-corrected chi connectivity index (χ1v) is 24.7. The van der Waals surface area contributed by atoms with Crippen LogP contribution in [0.5, 0.6) is 0 Å². The molecule has 1 saturated heterocycles. The van der Waals surface area contributed by atoms with E-state index in [0.29, 0.717) is 12.8 Å². The van der Waals surface area contributed by atoms with Crippen molar-refractivity contribution in [3.05, 3.63) is 36.5 Å². The van der Waals surface area contributed by atoms with Gasteiger partial charge in [0.1, 0.15) is 24.4 Å². The summed E-state index contributed by atoms with van der Waals surface area (Å²) >= 11 is 0. The van der Waals surface area contributed by atoms with Gasteiger partial charge in [-0.2, -0.15) is 0 Å². The van der Waals surface area contributed by atoms with Gasteiger partial charge in [0.25, 0.3) is 0 Å². The maximum absolute atomic E-state index is 13.0. The zero-order chi connectivity index (χ0) is 43.0. The summed E-state index contributed by atoms with van der Waals surface area (Å²) in [5.74, 6) is -0.157. The number of hydrogen-bond acceptors (Lipinski definition) is 8. The van der Waals surface area contributed by atoms with Gasteiger partial charge in [-0.05, 0) is 51.4 Å². The van der Waals surface area contributed by atoms with Crippen LogP contribution in [0.4, 0.5) is 0 Å². The SMILES string of the molecule is CCCCCCC/C=C\C/C=C\C/C=C\CCCCCCCCC(=O)NC(COC1OC(CO)C(O)C(O)C1O)C(O)CCCCCCCCCCCCCCCCC. The molecule has 9 nitrogen and oxygen atoms in total. The van der Waals surface area contributed by atoms with Crippen molar-refractivity contribution in [2.75, 3.05) is 13.2 Å². The van der Waals surface area contributed by atoms with E-state index in [1.807, 2.05) is 0 Å². The quantitative estimate of drug-likeness (QED) is 0.0263. The molecule has 1 heterocycles. The molecule has 7 unspecified atom stereocenters. The van der Waals surface area contributed by atoms with Crippen molar-refractivity contribution in [2.24, 2.45) is 0 Å². The van der Waals surface area contributed by atoms with Crippen LogP contribution in [0.1, 0.15) is 219 Å². The highest BCUT2D eigenvalue weighted by Gasteiger charge is 2.44. The molecule has 346 valence electrons. The minimum Gasteiger partial charge on any atom is -0.394 e. The van der Waals surface area contributed by atoms with Crippen LogP contribution in [-0.4, -0.2) is 87.5 Å². The van der Waals surface area contributed by atoms with E-state index in [9.17, 15) is 30.3 Å². The highest BCUT2D eigenvalue weighted by molar-refractivity contribution is 5.76. The summed E-state index contributed by atoms with van der Waals surface area (Å²) < 4.78 is 11.3. The third-order valence-corrected chi connectivity index (χ3v) is 11.7. The summed E-state index contributed by atoms with van der Waals surface area (Å²) in [5, 5.41) is 54.4. The van der Waals surface area contributed by atoms with E-state index in [0.717, 1.165) is 64.2 Å².